The van der Waals surface area contributed by atoms with E-state index in [1.54, 1.807) is 26.0 Å². The average Bonchev–Trinajstić information content (AvgIpc) is 2.95. The number of carbonyl (C=O) groups excluding carboxylic acids is 1. The molecule has 0 aromatic carbocycles. The highest BCUT2D eigenvalue weighted by Gasteiger charge is 2.19. The first-order valence-electron chi connectivity index (χ1n) is 7.00. The number of esters is 1. The Bertz CT molecular complexity index is 689. The van der Waals surface area contributed by atoms with Gasteiger partial charge in [-0.25, -0.2) is 9.78 Å². The molecule has 1 N–H and O–H groups in total. The molecule has 2 heterocycles. The molecule has 0 aliphatic carbocycles. The smallest absolute Gasteiger partial charge is 0.357 e. The molecule has 0 aliphatic rings. The number of aryl methyl sites for hydroxylation is 1. The Morgan fingerprint density at radius 1 is 1.39 bits per heavy atom. The van der Waals surface area contributed by atoms with Crippen LogP contribution in [-0.2, 0) is 4.74 Å². The lowest BCUT2D eigenvalue weighted by atomic mass is 10.4. The van der Waals surface area contributed by atoms with Gasteiger partial charge < -0.3 is 14.6 Å². The number of methoxy groups -OCH3 is 1. The second-order valence-electron chi connectivity index (χ2n) is 4.42. The zero-order chi connectivity index (χ0) is 16.8. The number of aliphatic hydroxyl groups is 1. The maximum absolute atomic E-state index is 12.1. The molecule has 0 spiro atoms. The number of carbonyl (C=O) groups is 1. The highest BCUT2D eigenvalue weighted by atomic mass is 32.2. The molecular weight excluding hydrogens is 320 g/mol. The number of hydrogen-bond donors (Lipinski definition) is 1. The van der Waals surface area contributed by atoms with Gasteiger partial charge >= 0.3 is 5.97 Å². The van der Waals surface area contributed by atoms with E-state index in [-0.39, 0.29) is 24.9 Å². The molecule has 0 bridgehead atoms. The molecule has 9 heteroatoms. The fourth-order valence-electron chi connectivity index (χ4n) is 1.82. The second-order valence-corrected chi connectivity index (χ2v) is 5.54. The topological polar surface area (TPSA) is 99.4 Å². The Morgan fingerprint density at radius 3 is 2.83 bits per heavy atom. The first kappa shape index (κ1) is 17.2. The molecule has 23 heavy (non-hydrogen) atoms. The molecule has 2 aromatic heterocycles. The molecule has 0 atom stereocenters. The van der Waals surface area contributed by atoms with E-state index >= 15 is 0 Å². The Balaban J connectivity index is 2.46. The molecule has 2 rings (SSSR count). The molecule has 0 fully saturated rings. The molecule has 0 amide bonds. The molecule has 0 radical (unpaired) electrons. The van der Waals surface area contributed by atoms with Gasteiger partial charge in [0.15, 0.2) is 5.69 Å². The minimum atomic E-state index is -0.496. The lowest BCUT2D eigenvalue weighted by Crippen LogP contribution is -2.14. The summed E-state index contributed by atoms with van der Waals surface area (Å²) in [7, 11) is 1.49. The van der Waals surface area contributed by atoms with Crippen LogP contribution in [0.3, 0.4) is 0 Å². The summed E-state index contributed by atoms with van der Waals surface area (Å²) in [6.07, 6.45) is 0. The fraction of sp³-hybridized carbons (Fsp3) is 0.429. The van der Waals surface area contributed by atoms with E-state index in [1.165, 1.54) is 23.6 Å². The lowest BCUT2D eigenvalue weighted by Gasteiger charge is -2.08. The first-order chi connectivity index (χ1) is 11.1. The van der Waals surface area contributed by atoms with E-state index in [4.69, 9.17) is 14.6 Å². The minimum absolute atomic E-state index is 0.0290. The van der Waals surface area contributed by atoms with Crippen LogP contribution in [0.1, 0.15) is 23.1 Å². The van der Waals surface area contributed by atoms with Gasteiger partial charge in [0, 0.05) is 11.8 Å². The van der Waals surface area contributed by atoms with Gasteiger partial charge in [-0.3, -0.25) is 0 Å². The predicted octanol–water partition coefficient (Wildman–Crippen LogP) is 1.24. The molecule has 0 saturated carbocycles. The Kier molecular flexibility index (Phi) is 5.94. The van der Waals surface area contributed by atoms with Crippen molar-refractivity contribution in [3.8, 4) is 11.8 Å². The number of hydrogen-bond acceptors (Lipinski definition) is 8. The molecule has 0 aliphatic heterocycles. The molecule has 0 saturated heterocycles. The third-order valence-corrected chi connectivity index (χ3v) is 3.61. The van der Waals surface area contributed by atoms with Crippen LogP contribution < -0.4 is 4.74 Å². The van der Waals surface area contributed by atoms with Crippen LogP contribution in [0, 0.1) is 6.92 Å². The Labute approximate surface area is 137 Å². The summed E-state index contributed by atoms with van der Waals surface area (Å²) in [5.41, 5.74) is 0.889. The van der Waals surface area contributed by atoms with Crippen molar-refractivity contribution < 1.29 is 19.4 Å². The summed E-state index contributed by atoms with van der Waals surface area (Å²) in [6.45, 7) is 3.79. The van der Waals surface area contributed by atoms with Crippen LogP contribution in [0.25, 0.3) is 5.95 Å². The van der Waals surface area contributed by atoms with Crippen molar-refractivity contribution in [2.45, 2.75) is 18.9 Å². The van der Waals surface area contributed by atoms with Gasteiger partial charge in [0.1, 0.15) is 5.03 Å². The van der Waals surface area contributed by atoms with Gasteiger partial charge in [0.05, 0.1) is 26.0 Å². The summed E-state index contributed by atoms with van der Waals surface area (Å²) in [6, 6.07) is 3.27. The largest absolute Gasteiger partial charge is 0.481 e. The van der Waals surface area contributed by atoms with Gasteiger partial charge in [-0.05, 0) is 19.9 Å². The van der Waals surface area contributed by atoms with Gasteiger partial charge in [-0.1, -0.05) is 0 Å². The van der Waals surface area contributed by atoms with E-state index in [0.717, 1.165) is 0 Å². The zero-order valence-electron chi connectivity index (χ0n) is 13.1. The minimum Gasteiger partial charge on any atom is -0.481 e. The van der Waals surface area contributed by atoms with Crippen LogP contribution >= 0.6 is 11.8 Å². The monoisotopic (exact) mass is 338 g/mol. The lowest BCUT2D eigenvalue weighted by molar-refractivity contribution is 0.0515. The van der Waals surface area contributed by atoms with Gasteiger partial charge in [-0.2, -0.15) is 14.8 Å². The van der Waals surface area contributed by atoms with E-state index in [1.807, 2.05) is 0 Å². The van der Waals surface area contributed by atoms with E-state index < -0.39 is 5.97 Å². The highest BCUT2D eigenvalue weighted by Crippen LogP contribution is 2.22. The summed E-state index contributed by atoms with van der Waals surface area (Å²) < 4.78 is 11.5. The summed E-state index contributed by atoms with van der Waals surface area (Å²) in [4.78, 5) is 20.6. The molecule has 0 unspecified atom stereocenters. The summed E-state index contributed by atoms with van der Waals surface area (Å²) in [5, 5.41) is 13.8. The molecular formula is C14H18N4O4S. The number of rotatable bonds is 7. The maximum atomic E-state index is 12.1. The predicted molar refractivity (Wildman–Crippen MR) is 84.2 cm³/mol. The van der Waals surface area contributed by atoms with E-state index in [2.05, 4.69) is 15.1 Å². The van der Waals surface area contributed by atoms with Crippen molar-refractivity contribution in [3.63, 3.8) is 0 Å². The van der Waals surface area contributed by atoms with Gasteiger partial charge in [0.2, 0.25) is 5.88 Å². The van der Waals surface area contributed by atoms with Crippen molar-refractivity contribution in [3.05, 3.63) is 23.5 Å². The quantitative estimate of drug-likeness (QED) is 0.457. The number of aliphatic hydroxyl groups excluding tert-OH is 1. The third-order valence-electron chi connectivity index (χ3n) is 2.72. The van der Waals surface area contributed by atoms with Gasteiger partial charge in [-0.15, -0.1) is 11.8 Å². The standard InChI is InChI=1S/C14H18N4O4S/c1-4-22-13(20)10-7-9(2)17-18(10)14-15-11(21-3)8-12(16-14)23-6-5-19/h7-8,19H,4-6H2,1-3H3. The van der Waals surface area contributed by atoms with Gasteiger partial charge in [0.25, 0.3) is 5.95 Å². The van der Waals surface area contributed by atoms with Crippen molar-refractivity contribution >= 4 is 17.7 Å². The van der Waals surface area contributed by atoms with Crippen molar-refractivity contribution in [2.24, 2.45) is 0 Å². The number of aromatic nitrogens is 4. The normalized spacial score (nSPS) is 10.6. The highest BCUT2D eigenvalue weighted by molar-refractivity contribution is 7.99. The van der Waals surface area contributed by atoms with Crippen LogP contribution in [0.2, 0.25) is 0 Å². The summed E-state index contributed by atoms with van der Waals surface area (Å²) >= 11 is 1.35. The van der Waals surface area contributed by atoms with Crippen molar-refractivity contribution in [1.29, 1.82) is 0 Å². The molecule has 8 nitrogen and oxygen atoms in total. The zero-order valence-corrected chi connectivity index (χ0v) is 14.0. The maximum Gasteiger partial charge on any atom is 0.357 e. The Hall–Kier alpha value is -2.13. The van der Waals surface area contributed by atoms with Crippen LogP contribution in [0.15, 0.2) is 17.2 Å². The van der Waals surface area contributed by atoms with Crippen molar-refractivity contribution in [2.75, 3.05) is 26.1 Å². The first-order valence-corrected chi connectivity index (χ1v) is 7.98. The van der Waals surface area contributed by atoms with E-state index in [0.29, 0.717) is 22.4 Å². The van der Waals surface area contributed by atoms with Crippen LogP contribution in [-0.4, -0.2) is 56.9 Å². The second kappa shape index (κ2) is 7.93. The van der Waals surface area contributed by atoms with Crippen molar-refractivity contribution in [1.82, 2.24) is 19.7 Å². The molecule has 124 valence electrons. The average molecular weight is 338 g/mol. The number of thioether (sulfide) groups is 1. The fourth-order valence-corrected chi connectivity index (χ4v) is 2.45. The van der Waals surface area contributed by atoms with Crippen LogP contribution in [0.4, 0.5) is 0 Å². The molecule has 2 aromatic rings. The Morgan fingerprint density at radius 2 is 2.17 bits per heavy atom. The number of nitrogens with zero attached hydrogens (tertiary/aromatic N) is 4. The van der Waals surface area contributed by atoms with E-state index in [9.17, 15) is 4.79 Å². The van der Waals surface area contributed by atoms with Crippen LogP contribution in [0.5, 0.6) is 5.88 Å². The number of ether oxygens (including phenoxy) is 2. The third kappa shape index (κ3) is 4.20. The summed E-state index contributed by atoms with van der Waals surface area (Å²) in [5.74, 6) is 0.547. The SMILES string of the molecule is CCOC(=O)c1cc(C)nn1-c1nc(OC)cc(SCCO)n1.